The van der Waals surface area contributed by atoms with E-state index in [2.05, 4.69) is 42.3 Å². The molecule has 1 heterocycles. The van der Waals surface area contributed by atoms with Gasteiger partial charge in [0, 0.05) is 18.1 Å². The van der Waals surface area contributed by atoms with E-state index >= 15 is 0 Å². The van der Waals surface area contributed by atoms with Crippen molar-refractivity contribution in [3.8, 4) is 0 Å². The number of halogens is 1. The highest BCUT2D eigenvalue weighted by Crippen LogP contribution is 2.19. The zero-order valence-electron chi connectivity index (χ0n) is 12.1. The van der Waals surface area contributed by atoms with Gasteiger partial charge in [-0.3, -0.25) is 4.90 Å². The van der Waals surface area contributed by atoms with Crippen LogP contribution in [0.1, 0.15) is 30.9 Å². The van der Waals surface area contributed by atoms with Gasteiger partial charge >= 0.3 is 0 Å². The fraction of sp³-hybridized carbons (Fsp3) is 0.625. The Morgan fingerprint density at radius 2 is 2.26 bits per heavy atom. The van der Waals surface area contributed by atoms with Gasteiger partial charge in [-0.1, -0.05) is 30.7 Å². The first-order valence-electron chi connectivity index (χ1n) is 7.37. The standard InChI is InChI=1S/C16H25ClN2/c1-3-19(12-15-5-4-8-18-10-15)11-14-7-6-13(2)16(17)9-14/h6-7,9,15,18H,3-5,8,10-12H2,1-2H3. The normalized spacial score (nSPS) is 19.9. The largest absolute Gasteiger partial charge is 0.316 e. The second-order valence-electron chi connectivity index (χ2n) is 5.62. The van der Waals surface area contributed by atoms with Crippen LogP contribution in [-0.4, -0.2) is 31.1 Å². The van der Waals surface area contributed by atoms with E-state index in [0.717, 1.165) is 29.6 Å². The molecule has 0 saturated carbocycles. The van der Waals surface area contributed by atoms with E-state index in [0.29, 0.717) is 0 Å². The summed E-state index contributed by atoms with van der Waals surface area (Å²) in [4.78, 5) is 2.53. The highest BCUT2D eigenvalue weighted by Gasteiger charge is 2.16. The summed E-state index contributed by atoms with van der Waals surface area (Å²) in [6, 6.07) is 6.43. The van der Waals surface area contributed by atoms with E-state index in [1.165, 1.54) is 38.0 Å². The summed E-state index contributed by atoms with van der Waals surface area (Å²) >= 11 is 6.20. The molecule has 1 N–H and O–H groups in total. The Morgan fingerprint density at radius 3 is 2.89 bits per heavy atom. The SMILES string of the molecule is CCN(Cc1ccc(C)c(Cl)c1)CC1CCCNC1. The van der Waals surface area contributed by atoms with Gasteiger partial charge in [0.15, 0.2) is 0 Å². The first-order chi connectivity index (χ1) is 9.19. The maximum absolute atomic E-state index is 6.20. The molecule has 2 nitrogen and oxygen atoms in total. The molecule has 19 heavy (non-hydrogen) atoms. The van der Waals surface area contributed by atoms with Crippen molar-refractivity contribution in [3.05, 3.63) is 34.3 Å². The topological polar surface area (TPSA) is 15.3 Å². The first kappa shape index (κ1) is 14.8. The smallest absolute Gasteiger partial charge is 0.0438 e. The van der Waals surface area contributed by atoms with Crippen LogP contribution < -0.4 is 5.32 Å². The third-order valence-electron chi connectivity index (χ3n) is 4.00. The van der Waals surface area contributed by atoms with Crippen molar-refractivity contribution in [1.82, 2.24) is 10.2 Å². The van der Waals surface area contributed by atoms with E-state index in [-0.39, 0.29) is 0 Å². The second kappa shape index (κ2) is 7.28. The van der Waals surface area contributed by atoms with Crippen LogP contribution in [0.3, 0.4) is 0 Å². The monoisotopic (exact) mass is 280 g/mol. The average molecular weight is 281 g/mol. The minimum atomic E-state index is 0.801. The van der Waals surface area contributed by atoms with Crippen molar-refractivity contribution in [2.24, 2.45) is 5.92 Å². The predicted molar refractivity (Wildman–Crippen MR) is 82.7 cm³/mol. The summed E-state index contributed by atoms with van der Waals surface area (Å²) in [6.45, 7) is 9.95. The summed E-state index contributed by atoms with van der Waals surface area (Å²) in [6.07, 6.45) is 2.68. The minimum Gasteiger partial charge on any atom is -0.316 e. The number of piperidine rings is 1. The van der Waals surface area contributed by atoms with E-state index < -0.39 is 0 Å². The van der Waals surface area contributed by atoms with Gasteiger partial charge in [-0.2, -0.15) is 0 Å². The Hall–Kier alpha value is -0.570. The van der Waals surface area contributed by atoms with Gasteiger partial charge in [0.25, 0.3) is 0 Å². The van der Waals surface area contributed by atoms with Crippen LogP contribution in [-0.2, 0) is 6.54 Å². The van der Waals surface area contributed by atoms with Crippen LogP contribution in [0.2, 0.25) is 5.02 Å². The van der Waals surface area contributed by atoms with Gasteiger partial charge in [-0.15, -0.1) is 0 Å². The molecule has 1 saturated heterocycles. The third-order valence-corrected chi connectivity index (χ3v) is 4.41. The second-order valence-corrected chi connectivity index (χ2v) is 6.03. The maximum atomic E-state index is 6.20. The number of nitrogens with zero attached hydrogens (tertiary/aromatic N) is 1. The molecule has 0 spiro atoms. The van der Waals surface area contributed by atoms with Crippen molar-refractivity contribution >= 4 is 11.6 Å². The molecule has 1 aliphatic heterocycles. The fourth-order valence-corrected chi connectivity index (χ4v) is 2.95. The average Bonchev–Trinajstić information content (AvgIpc) is 2.43. The Bertz CT molecular complexity index is 400. The van der Waals surface area contributed by atoms with Gasteiger partial charge in [-0.25, -0.2) is 0 Å². The number of hydrogen-bond donors (Lipinski definition) is 1. The molecular weight excluding hydrogens is 256 g/mol. The number of nitrogens with one attached hydrogen (secondary N) is 1. The van der Waals surface area contributed by atoms with Gasteiger partial charge in [-0.05, 0) is 62.5 Å². The summed E-state index contributed by atoms with van der Waals surface area (Å²) in [7, 11) is 0. The Labute approximate surface area is 122 Å². The molecule has 1 fully saturated rings. The molecule has 3 heteroatoms. The molecule has 0 aliphatic carbocycles. The molecule has 1 aromatic rings. The Morgan fingerprint density at radius 1 is 1.42 bits per heavy atom. The van der Waals surface area contributed by atoms with Crippen molar-refractivity contribution in [2.75, 3.05) is 26.2 Å². The van der Waals surface area contributed by atoms with Crippen molar-refractivity contribution in [3.63, 3.8) is 0 Å². The lowest BCUT2D eigenvalue weighted by Crippen LogP contribution is -2.38. The molecule has 1 atom stereocenters. The van der Waals surface area contributed by atoms with Gasteiger partial charge in [0.2, 0.25) is 0 Å². The molecule has 0 radical (unpaired) electrons. The summed E-state index contributed by atoms with van der Waals surface area (Å²) < 4.78 is 0. The highest BCUT2D eigenvalue weighted by atomic mass is 35.5. The lowest BCUT2D eigenvalue weighted by atomic mass is 9.99. The number of aryl methyl sites for hydroxylation is 1. The summed E-state index contributed by atoms with van der Waals surface area (Å²) in [5.41, 5.74) is 2.48. The van der Waals surface area contributed by atoms with E-state index in [9.17, 15) is 0 Å². The highest BCUT2D eigenvalue weighted by molar-refractivity contribution is 6.31. The van der Waals surface area contributed by atoms with Crippen LogP contribution in [0.25, 0.3) is 0 Å². The van der Waals surface area contributed by atoms with Gasteiger partial charge < -0.3 is 5.32 Å². The number of hydrogen-bond acceptors (Lipinski definition) is 2. The summed E-state index contributed by atoms with van der Waals surface area (Å²) in [5.74, 6) is 0.801. The van der Waals surface area contributed by atoms with E-state index in [1.54, 1.807) is 0 Å². The predicted octanol–water partition coefficient (Wildman–Crippen LogP) is 3.47. The van der Waals surface area contributed by atoms with E-state index in [4.69, 9.17) is 11.6 Å². The lowest BCUT2D eigenvalue weighted by Gasteiger charge is -2.29. The first-order valence-corrected chi connectivity index (χ1v) is 7.75. The minimum absolute atomic E-state index is 0.801. The van der Waals surface area contributed by atoms with Crippen LogP contribution in [0.15, 0.2) is 18.2 Å². The van der Waals surface area contributed by atoms with Gasteiger partial charge in [0.1, 0.15) is 0 Å². The van der Waals surface area contributed by atoms with Gasteiger partial charge in [0.05, 0.1) is 0 Å². The lowest BCUT2D eigenvalue weighted by molar-refractivity contribution is 0.209. The Kier molecular flexibility index (Phi) is 5.68. The molecule has 0 amide bonds. The summed E-state index contributed by atoms with van der Waals surface area (Å²) in [5, 5.41) is 4.38. The van der Waals surface area contributed by atoms with Crippen LogP contribution in [0.5, 0.6) is 0 Å². The number of benzene rings is 1. The molecule has 0 bridgehead atoms. The Balaban J connectivity index is 1.92. The van der Waals surface area contributed by atoms with Crippen LogP contribution >= 0.6 is 11.6 Å². The number of rotatable bonds is 5. The van der Waals surface area contributed by atoms with Crippen molar-refractivity contribution in [2.45, 2.75) is 33.2 Å². The molecule has 106 valence electrons. The van der Waals surface area contributed by atoms with Crippen LogP contribution in [0, 0.1) is 12.8 Å². The molecule has 1 aliphatic rings. The zero-order valence-corrected chi connectivity index (χ0v) is 12.8. The molecule has 1 unspecified atom stereocenters. The fourth-order valence-electron chi connectivity index (χ4n) is 2.74. The molecular formula is C16H25ClN2. The molecule has 1 aromatic carbocycles. The van der Waals surface area contributed by atoms with Crippen molar-refractivity contribution in [1.29, 1.82) is 0 Å². The van der Waals surface area contributed by atoms with Crippen LogP contribution in [0.4, 0.5) is 0 Å². The van der Waals surface area contributed by atoms with E-state index in [1.807, 2.05) is 0 Å². The quantitative estimate of drug-likeness (QED) is 0.888. The maximum Gasteiger partial charge on any atom is 0.0438 e. The third kappa shape index (κ3) is 4.48. The molecule has 2 rings (SSSR count). The van der Waals surface area contributed by atoms with Crippen molar-refractivity contribution < 1.29 is 0 Å². The zero-order chi connectivity index (χ0) is 13.7. The molecule has 0 aromatic heterocycles.